The minimum absolute atomic E-state index is 0.0939. The average Bonchev–Trinajstić information content (AvgIpc) is 2.47. The predicted molar refractivity (Wildman–Crippen MR) is 73.9 cm³/mol. The van der Waals surface area contributed by atoms with Crippen LogP contribution in [0.1, 0.15) is 21.5 Å². The maximum absolute atomic E-state index is 12.8. The SMILES string of the molecule is O=COc1ccc(CCc2ccc(F)cc2)c(C(=O)O)c1. The van der Waals surface area contributed by atoms with Crippen LogP contribution in [0.2, 0.25) is 0 Å². The Hall–Kier alpha value is -2.69. The van der Waals surface area contributed by atoms with Gasteiger partial charge in [0, 0.05) is 0 Å². The number of hydrogen-bond donors (Lipinski definition) is 1. The van der Waals surface area contributed by atoms with Crippen molar-refractivity contribution in [2.24, 2.45) is 0 Å². The molecule has 0 aliphatic heterocycles. The van der Waals surface area contributed by atoms with Crippen LogP contribution in [0.25, 0.3) is 0 Å². The largest absolute Gasteiger partial charge is 0.478 e. The molecule has 0 aliphatic carbocycles. The van der Waals surface area contributed by atoms with Crippen molar-refractivity contribution in [1.82, 2.24) is 0 Å². The molecule has 4 nitrogen and oxygen atoms in total. The van der Waals surface area contributed by atoms with Gasteiger partial charge in [-0.1, -0.05) is 18.2 Å². The van der Waals surface area contributed by atoms with Gasteiger partial charge in [-0.3, -0.25) is 4.79 Å². The molecule has 0 spiro atoms. The minimum atomic E-state index is -1.08. The first-order valence-corrected chi connectivity index (χ1v) is 6.31. The van der Waals surface area contributed by atoms with Crippen LogP contribution in [0, 0.1) is 5.82 Å². The highest BCUT2D eigenvalue weighted by atomic mass is 19.1. The number of carboxylic acid groups (broad SMARTS) is 1. The predicted octanol–water partition coefficient (Wildman–Crippen LogP) is 2.84. The van der Waals surface area contributed by atoms with Crippen LogP contribution in [0.15, 0.2) is 42.5 Å². The van der Waals surface area contributed by atoms with Crippen LogP contribution in [-0.4, -0.2) is 17.5 Å². The number of carbonyl (C=O) groups is 2. The normalized spacial score (nSPS) is 10.1. The molecule has 108 valence electrons. The van der Waals surface area contributed by atoms with Gasteiger partial charge in [0.25, 0.3) is 6.47 Å². The molecule has 5 heteroatoms. The fourth-order valence-electron chi connectivity index (χ4n) is 2.03. The fraction of sp³-hybridized carbons (Fsp3) is 0.125. The molecule has 0 amide bonds. The Balaban J connectivity index is 2.16. The summed E-state index contributed by atoms with van der Waals surface area (Å²) in [6.45, 7) is 0.249. The van der Waals surface area contributed by atoms with Gasteiger partial charge in [-0.25, -0.2) is 9.18 Å². The van der Waals surface area contributed by atoms with E-state index < -0.39 is 5.97 Å². The molecular weight excluding hydrogens is 275 g/mol. The van der Waals surface area contributed by atoms with Gasteiger partial charge < -0.3 is 9.84 Å². The Kier molecular flexibility index (Phi) is 4.66. The van der Waals surface area contributed by atoms with Crippen molar-refractivity contribution >= 4 is 12.4 Å². The summed E-state index contributed by atoms with van der Waals surface area (Å²) in [6, 6.07) is 10.5. The highest BCUT2D eigenvalue weighted by molar-refractivity contribution is 5.90. The molecule has 21 heavy (non-hydrogen) atoms. The Morgan fingerprint density at radius 3 is 2.48 bits per heavy atom. The van der Waals surface area contributed by atoms with Crippen LogP contribution < -0.4 is 4.74 Å². The third kappa shape index (κ3) is 3.89. The van der Waals surface area contributed by atoms with E-state index in [9.17, 15) is 19.1 Å². The molecule has 0 saturated carbocycles. The second-order valence-electron chi connectivity index (χ2n) is 4.46. The molecule has 0 unspecified atom stereocenters. The molecular formula is C16H13FO4. The molecule has 0 radical (unpaired) electrons. The standard InChI is InChI=1S/C16H13FO4/c17-13-6-2-11(3-7-13)1-4-12-5-8-14(21-10-18)9-15(12)16(19)20/h2-3,5-10H,1,4H2,(H,19,20). The number of halogens is 1. The molecule has 0 saturated heterocycles. The van der Waals surface area contributed by atoms with Gasteiger partial charge in [-0.05, 0) is 48.2 Å². The van der Waals surface area contributed by atoms with E-state index in [1.165, 1.54) is 18.2 Å². The maximum Gasteiger partial charge on any atom is 0.336 e. The van der Waals surface area contributed by atoms with Crippen molar-refractivity contribution in [3.63, 3.8) is 0 Å². The zero-order valence-corrected chi connectivity index (χ0v) is 11.1. The Morgan fingerprint density at radius 1 is 1.14 bits per heavy atom. The Bertz CT molecular complexity index is 650. The van der Waals surface area contributed by atoms with Gasteiger partial charge in [0.15, 0.2) is 0 Å². The first kappa shape index (κ1) is 14.7. The summed E-state index contributed by atoms with van der Waals surface area (Å²) in [5.41, 5.74) is 1.64. The molecule has 2 aromatic carbocycles. The lowest BCUT2D eigenvalue weighted by atomic mass is 9.99. The summed E-state index contributed by atoms with van der Waals surface area (Å²) in [4.78, 5) is 21.5. The molecule has 0 aromatic heterocycles. The number of aryl methyl sites for hydroxylation is 2. The number of rotatable bonds is 6. The Labute approximate surface area is 120 Å². The number of hydrogen-bond acceptors (Lipinski definition) is 3. The number of ether oxygens (including phenoxy) is 1. The third-order valence-corrected chi connectivity index (χ3v) is 3.09. The summed E-state index contributed by atoms with van der Waals surface area (Å²) in [5, 5.41) is 9.20. The van der Waals surface area contributed by atoms with Gasteiger partial charge in [0.2, 0.25) is 0 Å². The number of benzene rings is 2. The summed E-state index contributed by atoms with van der Waals surface area (Å²) < 4.78 is 17.5. The van der Waals surface area contributed by atoms with E-state index in [-0.39, 0.29) is 23.6 Å². The van der Waals surface area contributed by atoms with E-state index in [0.29, 0.717) is 18.4 Å². The van der Waals surface area contributed by atoms with E-state index in [1.807, 2.05) is 0 Å². The van der Waals surface area contributed by atoms with Gasteiger partial charge in [0.05, 0.1) is 5.56 Å². The maximum atomic E-state index is 12.8. The van der Waals surface area contributed by atoms with Crippen molar-refractivity contribution in [2.45, 2.75) is 12.8 Å². The van der Waals surface area contributed by atoms with Crippen molar-refractivity contribution < 1.29 is 23.8 Å². The minimum Gasteiger partial charge on any atom is -0.478 e. The van der Waals surface area contributed by atoms with E-state index in [0.717, 1.165) is 5.56 Å². The lowest BCUT2D eigenvalue weighted by Gasteiger charge is -2.08. The van der Waals surface area contributed by atoms with Crippen molar-refractivity contribution in [2.75, 3.05) is 0 Å². The van der Waals surface area contributed by atoms with Gasteiger partial charge in [0.1, 0.15) is 11.6 Å². The smallest absolute Gasteiger partial charge is 0.336 e. The van der Waals surface area contributed by atoms with Crippen molar-refractivity contribution in [1.29, 1.82) is 0 Å². The third-order valence-electron chi connectivity index (χ3n) is 3.09. The lowest BCUT2D eigenvalue weighted by molar-refractivity contribution is -0.120. The molecule has 2 aromatic rings. The lowest BCUT2D eigenvalue weighted by Crippen LogP contribution is -2.05. The first-order chi connectivity index (χ1) is 10.1. The van der Waals surface area contributed by atoms with Crippen LogP contribution in [0.3, 0.4) is 0 Å². The molecule has 0 bridgehead atoms. The summed E-state index contributed by atoms with van der Waals surface area (Å²) >= 11 is 0. The molecule has 1 N–H and O–H groups in total. The van der Waals surface area contributed by atoms with Crippen LogP contribution in [0.4, 0.5) is 4.39 Å². The summed E-state index contributed by atoms with van der Waals surface area (Å²) in [5.74, 6) is -1.20. The van der Waals surface area contributed by atoms with E-state index in [1.54, 1.807) is 24.3 Å². The fourth-order valence-corrected chi connectivity index (χ4v) is 2.03. The second kappa shape index (κ2) is 6.65. The second-order valence-corrected chi connectivity index (χ2v) is 4.46. The highest BCUT2D eigenvalue weighted by Gasteiger charge is 2.12. The quantitative estimate of drug-likeness (QED) is 0.830. The van der Waals surface area contributed by atoms with Crippen molar-refractivity contribution in [3.8, 4) is 5.75 Å². The topological polar surface area (TPSA) is 63.6 Å². The van der Waals surface area contributed by atoms with Gasteiger partial charge in [-0.2, -0.15) is 0 Å². The average molecular weight is 288 g/mol. The van der Waals surface area contributed by atoms with Gasteiger partial charge in [-0.15, -0.1) is 0 Å². The van der Waals surface area contributed by atoms with Gasteiger partial charge >= 0.3 is 5.97 Å². The number of carboxylic acids is 1. The summed E-state index contributed by atoms with van der Waals surface area (Å²) in [6.07, 6.45) is 1.09. The zero-order chi connectivity index (χ0) is 15.2. The van der Waals surface area contributed by atoms with E-state index in [2.05, 4.69) is 4.74 Å². The van der Waals surface area contributed by atoms with E-state index in [4.69, 9.17) is 0 Å². The van der Waals surface area contributed by atoms with Crippen LogP contribution in [0.5, 0.6) is 5.75 Å². The number of aromatic carboxylic acids is 1. The highest BCUT2D eigenvalue weighted by Crippen LogP contribution is 2.19. The molecule has 0 fully saturated rings. The van der Waals surface area contributed by atoms with Crippen LogP contribution in [-0.2, 0) is 17.6 Å². The first-order valence-electron chi connectivity index (χ1n) is 6.31. The van der Waals surface area contributed by atoms with E-state index >= 15 is 0 Å². The Morgan fingerprint density at radius 2 is 1.86 bits per heavy atom. The zero-order valence-electron chi connectivity index (χ0n) is 11.1. The molecule has 0 atom stereocenters. The molecule has 0 aliphatic rings. The molecule has 0 heterocycles. The van der Waals surface area contributed by atoms with Crippen LogP contribution >= 0.6 is 0 Å². The number of carbonyl (C=O) groups excluding carboxylic acids is 1. The monoisotopic (exact) mass is 288 g/mol. The summed E-state index contributed by atoms with van der Waals surface area (Å²) in [7, 11) is 0. The molecule has 2 rings (SSSR count). The van der Waals surface area contributed by atoms with Crippen molar-refractivity contribution in [3.05, 3.63) is 65.0 Å².